The summed E-state index contributed by atoms with van der Waals surface area (Å²) in [6.45, 7) is 0.411. The molecule has 2 rings (SSSR count). The number of halogens is 2. The number of para-hydroxylation sites is 1. The van der Waals surface area contributed by atoms with Crippen LogP contribution in [0.2, 0.25) is 10.0 Å². The van der Waals surface area contributed by atoms with E-state index in [-0.39, 0.29) is 19.0 Å². The van der Waals surface area contributed by atoms with Crippen LogP contribution < -0.4 is 10.5 Å². The van der Waals surface area contributed by atoms with Crippen LogP contribution in [0.15, 0.2) is 53.7 Å². The van der Waals surface area contributed by atoms with Gasteiger partial charge in [-0.1, -0.05) is 52.6 Å². The number of ether oxygens (including phenoxy) is 1. The Hall–Kier alpha value is -1.91. The SMILES string of the molecule is NC(COc1ccccc1)=NOCc1ccc(Cl)c(Cl)c1. The fraction of sp³-hybridized carbons (Fsp3) is 0.133. The fourth-order valence-electron chi connectivity index (χ4n) is 1.52. The predicted octanol–water partition coefficient (Wildman–Crippen LogP) is 3.86. The smallest absolute Gasteiger partial charge is 0.177 e. The number of nitrogens with two attached hydrogens (primary N) is 1. The molecule has 0 unspecified atom stereocenters. The molecular weight excluding hydrogens is 311 g/mol. The van der Waals surface area contributed by atoms with Crippen molar-refractivity contribution in [3.8, 4) is 5.75 Å². The second-order valence-electron chi connectivity index (χ2n) is 4.21. The zero-order valence-corrected chi connectivity index (χ0v) is 12.6. The van der Waals surface area contributed by atoms with Crippen LogP contribution in [-0.2, 0) is 11.4 Å². The molecule has 0 atom stereocenters. The molecule has 0 aliphatic rings. The second-order valence-corrected chi connectivity index (χ2v) is 5.02. The van der Waals surface area contributed by atoms with E-state index in [0.717, 1.165) is 11.3 Å². The minimum absolute atomic E-state index is 0.158. The second kappa shape index (κ2) is 7.76. The molecule has 0 radical (unpaired) electrons. The third-order valence-electron chi connectivity index (χ3n) is 2.53. The number of nitrogens with zero attached hydrogens (tertiary/aromatic N) is 1. The van der Waals surface area contributed by atoms with E-state index in [1.54, 1.807) is 18.2 Å². The largest absolute Gasteiger partial charge is 0.486 e. The van der Waals surface area contributed by atoms with Crippen LogP contribution in [0, 0.1) is 0 Å². The Morgan fingerprint density at radius 3 is 2.52 bits per heavy atom. The monoisotopic (exact) mass is 324 g/mol. The van der Waals surface area contributed by atoms with E-state index >= 15 is 0 Å². The molecule has 0 amide bonds. The van der Waals surface area contributed by atoms with Gasteiger partial charge < -0.3 is 15.3 Å². The summed E-state index contributed by atoms with van der Waals surface area (Å²) < 4.78 is 5.43. The van der Waals surface area contributed by atoms with Gasteiger partial charge in [-0.25, -0.2) is 0 Å². The number of benzene rings is 2. The van der Waals surface area contributed by atoms with Crippen molar-refractivity contribution in [2.75, 3.05) is 6.61 Å². The van der Waals surface area contributed by atoms with Gasteiger partial charge in [-0.15, -0.1) is 0 Å². The van der Waals surface area contributed by atoms with Gasteiger partial charge in [-0.05, 0) is 29.8 Å². The molecular formula is C15H14Cl2N2O2. The maximum absolute atomic E-state index is 5.90. The van der Waals surface area contributed by atoms with Crippen molar-refractivity contribution in [1.82, 2.24) is 0 Å². The lowest BCUT2D eigenvalue weighted by Gasteiger charge is -2.06. The summed E-state index contributed by atoms with van der Waals surface area (Å²) in [5, 5.41) is 4.75. The van der Waals surface area contributed by atoms with Crippen molar-refractivity contribution in [3.05, 3.63) is 64.1 Å². The van der Waals surface area contributed by atoms with Gasteiger partial charge in [0.05, 0.1) is 10.0 Å². The molecule has 0 spiro atoms. The van der Waals surface area contributed by atoms with E-state index in [4.69, 9.17) is 38.5 Å². The van der Waals surface area contributed by atoms with Crippen LogP contribution >= 0.6 is 23.2 Å². The van der Waals surface area contributed by atoms with Gasteiger partial charge in [-0.3, -0.25) is 0 Å². The summed E-state index contributed by atoms with van der Waals surface area (Å²) in [7, 11) is 0. The third kappa shape index (κ3) is 5.17. The van der Waals surface area contributed by atoms with E-state index in [1.165, 1.54) is 0 Å². The molecule has 6 heteroatoms. The van der Waals surface area contributed by atoms with E-state index in [1.807, 2.05) is 30.3 Å². The first-order chi connectivity index (χ1) is 10.1. The molecule has 0 aliphatic heterocycles. The highest BCUT2D eigenvalue weighted by Crippen LogP contribution is 2.22. The summed E-state index contributed by atoms with van der Waals surface area (Å²) >= 11 is 11.7. The Kier molecular flexibility index (Phi) is 5.72. The van der Waals surface area contributed by atoms with E-state index in [0.29, 0.717) is 10.0 Å². The Bertz CT molecular complexity index is 618. The average Bonchev–Trinajstić information content (AvgIpc) is 2.50. The first-order valence-electron chi connectivity index (χ1n) is 6.21. The lowest BCUT2D eigenvalue weighted by molar-refractivity contribution is 0.128. The van der Waals surface area contributed by atoms with Crippen molar-refractivity contribution >= 4 is 29.0 Å². The molecule has 21 heavy (non-hydrogen) atoms. The van der Waals surface area contributed by atoms with Gasteiger partial charge in [0.1, 0.15) is 19.0 Å². The first kappa shape index (κ1) is 15.5. The van der Waals surface area contributed by atoms with Crippen molar-refractivity contribution in [3.63, 3.8) is 0 Å². The standard InChI is InChI=1S/C15H14Cl2N2O2/c16-13-7-6-11(8-14(13)17)9-21-19-15(18)10-20-12-4-2-1-3-5-12/h1-8H,9-10H2,(H2,18,19). The maximum atomic E-state index is 5.90. The molecule has 0 saturated carbocycles. The van der Waals surface area contributed by atoms with Gasteiger partial charge in [0.25, 0.3) is 0 Å². The highest BCUT2D eigenvalue weighted by Gasteiger charge is 2.00. The van der Waals surface area contributed by atoms with Gasteiger partial charge in [0, 0.05) is 0 Å². The molecule has 0 aliphatic carbocycles. The predicted molar refractivity (Wildman–Crippen MR) is 84.8 cm³/mol. The minimum atomic E-state index is 0.158. The summed E-state index contributed by atoms with van der Waals surface area (Å²) in [6.07, 6.45) is 0. The van der Waals surface area contributed by atoms with Crippen molar-refractivity contribution in [2.45, 2.75) is 6.61 Å². The quantitative estimate of drug-likeness (QED) is 0.498. The summed E-state index contributed by atoms with van der Waals surface area (Å²) in [6, 6.07) is 14.6. The van der Waals surface area contributed by atoms with Gasteiger partial charge in [0.2, 0.25) is 0 Å². The van der Waals surface area contributed by atoms with Crippen LogP contribution in [0.1, 0.15) is 5.56 Å². The molecule has 110 valence electrons. The molecule has 0 bridgehead atoms. The maximum Gasteiger partial charge on any atom is 0.177 e. The Morgan fingerprint density at radius 2 is 1.81 bits per heavy atom. The van der Waals surface area contributed by atoms with Crippen LogP contribution in [0.4, 0.5) is 0 Å². The van der Waals surface area contributed by atoms with Crippen LogP contribution in [0.5, 0.6) is 5.75 Å². The molecule has 4 nitrogen and oxygen atoms in total. The molecule has 2 aromatic carbocycles. The van der Waals surface area contributed by atoms with Gasteiger partial charge in [0.15, 0.2) is 5.84 Å². The molecule has 0 fully saturated rings. The van der Waals surface area contributed by atoms with Crippen molar-refractivity contribution < 1.29 is 9.57 Å². The normalized spacial score (nSPS) is 11.2. The molecule has 2 aromatic rings. The lowest BCUT2D eigenvalue weighted by Crippen LogP contribution is -2.21. The number of amidine groups is 1. The molecule has 0 aromatic heterocycles. The summed E-state index contributed by atoms with van der Waals surface area (Å²) in [4.78, 5) is 5.15. The molecule has 2 N–H and O–H groups in total. The van der Waals surface area contributed by atoms with Crippen LogP contribution in [0.25, 0.3) is 0 Å². The Balaban J connectivity index is 1.79. The number of hydrogen-bond donors (Lipinski definition) is 1. The lowest BCUT2D eigenvalue weighted by atomic mass is 10.2. The van der Waals surface area contributed by atoms with E-state index in [9.17, 15) is 0 Å². The van der Waals surface area contributed by atoms with Crippen LogP contribution in [0.3, 0.4) is 0 Å². The number of hydrogen-bond acceptors (Lipinski definition) is 3. The zero-order valence-electron chi connectivity index (χ0n) is 11.1. The van der Waals surface area contributed by atoms with E-state index < -0.39 is 0 Å². The van der Waals surface area contributed by atoms with Crippen LogP contribution in [-0.4, -0.2) is 12.4 Å². The highest BCUT2D eigenvalue weighted by atomic mass is 35.5. The topological polar surface area (TPSA) is 56.8 Å². The summed E-state index contributed by atoms with van der Waals surface area (Å²) in [5.74, 6) is 0.971. The zero-order chi connectivity index (χ0) is 15.1. The average molecular weight is 325 g/mol. The fourth-order valence-corrected chi connectivity index (χ4v) is 1.84. The van der Waals surface area contributed by atoms with E-state index in [2.05, 4.69) is 5.16 Å². The van der Waals surface area contributed by atoms with Crippen molar-refractivity contribution in [1.29, 1.82) is 0 Å². The minimum Gasteiger partial charge on any atom is -0.486 e. The van der Waals surface area contributed by atoms with Gasteiger partial charge >= 0.3 is 0 Å². The Morgan fingerprint density at radius 1 is 1.05 bits per heavy atom. The summed E-state index contributed by atoms with van der Waals surface area (Å²) in [5.41, 5.74) is 6.54. The first-order valence-corrected chi connectivity index (χ1v) is 6.97. The molecule has 0 saturated heterocycles. The Labute approximate surface area is 133 Å². The molecule has 0 heterocycles. The highest BCUT2D eigenvalue weighted by molar-refractivity contribution is 6.42. The van der Waals surface area contributed by atoms with Gasteiger partial charge in [-0.2, -0.15) is 0 Å². The van der Waals surface area contributed by atoms with Crippen molar-refractivity contribution in [2.24, 2.45) is 10.9 Å². The third-order valence-corrected chi connectivity index (χ3v) is 3.27. The number of oxime groups is 1. The number of rotatable bonds is 6.